The molecule has 0 fully saturated rings. The van der Waals surface area contributed by atoms with Crippen molar-refractivity contribution in [3.8, 4) is 22.7 Å². The Labute approximate surface area is 282 Å². The molecule has 48 heavy (non-hydrogen) atoms. The zero-order chi connectivity index (χ0) is 33.5. The van der Waals surface area contributed by atoms with Gasteiger partial charge in [0.05, 0.1) is 24.1 Å². The van der Waals surface area contributed by atoms with Crippen LogP contribution >= 0.6 is 11.3 Å². The number of ether oxygens (including phenoxy) is 2. The molecule has 0 saturated carbocycles. The average molecular weight is 662 g/mol. The lowest BCUT2D eigenvalue weighted by atomic mass is 9.88. The van der Waals surface area contributed by atoms with Crippen LogP contribution in [0.2, 0.25) is 0 Å². The lowest BCUT2D eigenvalue weighted by Crippen LogP contribution is -2.32. The molecule has 2 heterocycles. The summed E-state index contributed by atoms with van der Waals surface area (Å²) in [6.07, 6.45) is 5.70. The van der Waals surface area contributed by atoms with Gasteiger partial charge in [0.15, 0.2) is 0 Å². The fourth-order valence-electron chi connectivity index (χ4n) is 5.50. The number of nitrogens with one attached hydrogen (secondary N) is 2. The Kier molecular flexibility index (Phi) is 10.1. The minimum absolute atomic E-state index is 0.206. The molecule has 10 nitrogen and oxygen atoms in total. The number of rotatable bonds is 10. The number of hydrazone groups is 1. The predicted octanol–water partition coefficient (Wildman–Crippen LogP) is 6.57. The number of fused-ring (bicyclic) bond motifs is 1. The highest BCUT2D eigenvalue weighted by Crippen LogP contribution is 2.40. The molecule has 244 valence electrons. The number of nitrogens with zero attached hydrogens (tertiary/aromatic N) is 3. The van der Waals surface area contributed by atoms with Gasteiger partial charge in [-0.15, -0.1) is 11.3 Å². The monoisotopic (exact) mass is 661 g/mol. The highest BCUT2D eigenvalue weighted by Gasteiger charge is 2.30. The molecule has 0 radical (unpaired) electrons. The van der Waals surface area contributed by atoms with Gasteiger partial charge in [0, 0.05) is 22.2 Å². The van der Waals surface area contributed by atoms with Crippen molar-refractivity contribution in [2.75, 3.05) is 11.9 Å². The van der Waals surface area contributed by atoms with Crippen LogP contribution in [0.25, 0.3) is 16.9 Å². The number of aromatic nitrogens is 2. The van der Waals surface area contributed by atoms with Crippen LogP contribution in [-0.2, 0) is 33.8 Å². The Bertz CT molecular complexity index is 1930. The summed E-state index contributed by atoms with van der Waals surface area (Å²) in [6, 6.07) is 27.1. The van der Waals surface area contributed by atoms with Crippen molar-refractivity contribution in [1.82, 2.24) is 15.2 Å². The maximum atomic E-state index is 12.9. The van der Waals surface area contributed by atoms with Crippen LogP contribution < -0.4 is 15.5 Å². The van der Waals surface area contributed by atoms with Gasteiger partial charge in [0.2, 0.25) is 0 Å². The lowest BCUT2D eigenvalue weighted by molar-refractivity contribution is -0.136. The van der Waals surface area contributed by atoms with E-state index in [4.69, 9.17) is 14.6 Å². The van der Waals surface area contributed by atoms with Gasteiger partial charge in [-0.3, -0.25) is 9.59 Å². The second kappa shape index (κ2) is 14.9. The van der Waals surface area contributed by atoms with E-state index in [1.807, 2.05) is 84.9 Å². The van der Waals surface area contributed by atoms with E-state index >= 15 is 0 Å². The quantitative estimate of drug-likeness (QED) is 0.0756. The Balaban J connectivity index is 1.18. The van der Waals surface area contributed by atoms with Gasteiger partial charge >= 0.3 is 17.8 Å². The maximum absolute atomic E-state index is 12.9. The highest BCUT2D eigenvalue weighted by molar-refractivity contribution is 7.17. The smallest absolute Gasteiger partial charge is 0.341 e. The van der Waals surface area contributed by atoms with Gasteiger partial charge in [-0.05, 0) is 79.6 Å². The van der Waals surface area contributed by atoms with Crippen molar-refractivity contribution in [3.05, 3.63) is 118 Å². The maximum Gasteiger partial charge on any atom is 0.341 e. The zero-order valence-electron chi connectivity index (χ0n) is 26.6. The number of thiophene rings is 1. The number of carbonyl (C=O) groups excluding carboxylic acids is 3. The van der Waals surface area contributed by atoms with E-state index in [0.29, 0.717) is 40.1 Å². The molecule has 5 aromatic rings. The van der Waals surface area contributed by atoms with Crippen LogP contribution in [0.5, 0.6) is 5.75 Å². The topological polar surface area (TPSA) is 124 Å². The summed E-state index contributed by atoms with van der Waals surface area (Å²) >= 11 is 1.32. The number of anilines is 1. The van der Waals surface area contributed by atoms with Crippen molar-refractivity contribution in [3.63, 3.8) is 0 Å². The van der Waals surface area contributed by atoms with E-state index in [2.05, 4.69) is 22.8 Å². The molecule has 3 aromatic carbocycles. The third-order valence-electron chi connectivity index (χ3n) is 7.93. The summed E-state index contributed by atoms with van der Waals surface area (Å²) in [7, 11) is 0. The summed E-state index contributed by atoms with van der Waals surface area (Å²) in [5.41, 5.74) is 7.50. The number of benzene rings is 3. The Hall–Kier alpha value is -5.55. The average Bonchev–Trinajstić information content (AvgIpc) is 3.69. The Morgan fingerprint density at radius 3 is 2.46 bits per heavy atom. The van der Waals surface area contributed by atoms with E-state index in [9.17, 15) is 14.4 Å². The van der Waals surface area contributed by atoms with E-state index in [0.717, 1.165) is 46.5 Å². The molecule has 0 aliphatic heterocycles. The Morgan fingerprint density at radius 2 is 1.73 bits per heavy atom. The van der Waals surface area contributed by atoms with Crippen molar-refractivity contribution in [2.45, 2.75) is 39.7 Å². The lowest BCUT2D eigenvalue weighted by Gasteiger charge is -2.18. The standard InChI is InChI=1S/C37H35N5O5S/c1-3-46-37(45)32-30-19-14-24(2)20-31(30)48-36(32)39-34(43)35(44)40-38-21-27-22-42(28-12-8-5-9-13-28)41-33(27)26-15-17-29(18-16-26)47-23-25-10-6-4-7-11-25/h4-13,15-18,21-22,24H,3,14,19-20,23H2,1-2H3,(H,39,43)(H,40,44)/b38-21+. The second-order valence-corrected chi connectivity index (χ2v) is 12.5. The first-order chi connectivity index (χ1) is 23.4. The number of hydrogen-bond acceptors (Lipinski definition) is 8. The van der Waals surface area contributed by atoms with Crippen LogP contribution in [0.15, 0.2) is 96.2 Å². The third-order valence-corrected chi connectivity index (χ3v) is 9.10. The number of amides is 2. The predicted molar refractivity (Wildman–Crippen MR) is 186 cm³/mol. The molecule has 0 spiro atoms. The van der Waals surface area contributed by atoms with Gasteiger partial charge in [-0.2, -0.15) is 10.2 Å². The largest absolute Gasteiger partial charge is 0.489 e. The SMILES string of the molecule is CCOC(=O)c1c(NC(=O)C(=O)N/N=C/c2cn(-c3ccccc3)nc2-c2ccc(OCc3ccccc3)cc2)sc2c1CCC(C)C2. The molecule has 0 bridgehead atoms. The van der Waals surface area contributed by atoms with Crippen molar-refractivity contribution >= 4 is 40.3 Å². The van der Waals surface area contributed by atoms with E-state index < -0.39 is 17.8 Å². The first kappa shape index (κ1) is 32.4. The molecule has 0 saturated heterocycles. The van der Waals surface area contributed by atoms with E-state index in [1.54, 1.807) is 17.8 Å². The number of carbonyl (C=O) groups is 3. The van der Waals surface area contributed by atoms with Gasteiger partial charge < -0.3 is 14.8 Å². The molecule has 6 rings (SSSR count). The third kappa shape index (κ3) is 7.53. The molecule has 1 unspecified atom stereocenters. The molecule has 1 atom stereocenters. The normalized spacial score (nSPS) is 13.9. The second-order valence-electron chi connectivity index (χ2n) is 11.4. The van der Waals surface area contributed by atoms with Crippen LogP contribution in [0, 0.1) is 5.92 Å². The molecule has 1 aliphatic rings. The van der Waals surface area contributed by atoms with Gasteiger partial charge in [-0.1, -0.05) is 55.5 Å². The summed E-state index contributed by atoms with van der Waals surface area (Å²) in [5, 5.41) is 11.8. The minimum Gasteiger partial charge on any atom is -0.489 e. The van der Waals surface area contributed by atoms with Crippen molar-refractivity contribution in [1.29, 1.82) is 0 Å². The fourth-order valence-corrected chi connectivity index (χ4v) is 6.89. The Morgan fingerprint density at radius 1 is 1.00 bits per heavy atom. The zero-order valence-corrected chi connectivity index (χ0v) is 27.5. The van der Waals surface area contributed by atoms with Gasteiger partial charge in [-0.25, -0.2) is 14.9 Å². The first-order valence-corrected chi connectivity index (χ1v) is 16.6. The fraction of sp³-hybridized carbons (Fsp3) is 0.216. The van der Waals surface area contributed by atoms with Gasteiger partial charge in [0.1, 0.15) is 23.1 Å². The summed E-state index contributed by atoms with van der Waals surface area (Å²) in [6.45, 7) is 4.54. The highest BCUT2D eigenvalue weighted by atomic mass is 32.1. The van der Waals surface area contributed by atoms with Crippen LogP contribution in [0.4, 0.5) is 5.00 Å². The summed E-state index contributed by atoms with van der Waals surface area (Å²) in [4.78, 5) is 39.6. The molecule has 1 aliphatic carbocycles. The van der Waals surface area contributed by atoms with Crippen molar-refractivity contribution in [2.24, 2.45) is 11.0 Å². The molecule has 2 N–H and O–H groups in total. The first-order valence-electron chi connectivity index (χ1n) is 15.8. The molecule has 2 aromatic heterocycles. The van der Waals surface area contributed by atoms with Crippen LogP contribution in [0.1, 0.15) is 52.2 Å². The molecular formula is C37H35N5O5S. The van der Waals surface area contributed by atoms with Crippen LogP contribution in [-0.4, -0.2) is 40.4 Å². The molecule has 2 amide bonds. The van der Waals surface area contributed by atoms with Crippen LogP contribution in [0.3, 0.4) is 0 Å². The number of para-hydroxylation sites is 1. The number of hydrogen-bond donors (Lipinski definition) is 2. The summed E-state index contributed by atoms with van der Waals surface area (Å²) in [5.74, 6) is -1.23. The van der Waals surface area contributed by atoms with Gasteiger partial charge in [0.25, 0.3) is 0 Å². The molecule has 11 heteroatoms. The summed E-state index contributed by atoms with van der Waals surface area (Å²) < 4.78 is 12.9. The van der Waals surface area contributed by atoms with E-state index in [1.165, 1.54) is 17.6 Å². The minimum atomic E-state index is -0.974. The van der Waals surface area contributed by atoms with Crippen molar-refractivity contribution < 1.29 is 23.9 Å². The van der Waals surface area contributed by atoms with E-state index in [-0.39, 0.29) is 6.61 Å². The number of esters is 1. The molecular weight excluding hydrogens is 627 g/mol.